The van der Waals surface area contributed by atoms with Gasteiger partial charge in [-0.25, -0.2) is 0 Å². The fourth-order valence-electron chi connectivity index (χ4n) is 2.25. The van der Waals surface area contributed by atoms with Gasteiger partial charge in [-0.05, 0) is 57.8 Å². The third-order valence-electron chi connectivity index (χ3n) is 3.31. The summed E-state index contributed by atoms with van der Waals surface area (Å²) >= 11 is 0. The highest BCUT2D eigenvalue weighted by Crippen LogP contribution is 2.18. The Morgan fingerprint density at radius 1 is 0.778 bits per heavy atom. The predicted octanol–water partition coefficient (Wildman–Crippen LogP) is 6.60. The van der Waals surface area contributed by atoms with E-state index < -0.39 is 0 Å². The molecule has 0 fully saturated rings. The molecule has 0 N–H and O–H groups in total. The highest BCUT2D eigenvalue weighted by Gasteiger charge is 1.98. The van der Waals surface area contributed by atoms with Gasteiger partial charge in [-0.1, -0.05) is 43.6 Å². The fourth-order valence-corrected chi connectivity index (χ4v) is 2.25. The Kier molecular flexibility index (Phi) is 13.7. The van der Waals surface area contributed by atoms with Crippen molar-refractivity contribution in [2.24, 2.45) is 0 Å². The Bertz CT molecular complexity index is 222. The zero-order valence-corrected chi connectivity index (χ0v) is 12.4. The molecule has 0 heteroatoms. The Labute approximate surface area is 115 Å². The zero-order valence-electron chi connectivity index (χ0n) is 12.4. The molecule has 0 aromatic rings. The maximum absolute atomic E-state index is 3.78. The molecule has 0 heterocycles. The van der Waals surface area contributed by atoms with Gasteiger partial charge in [0.2, 0.25) is 0 Å². The van der Waals surface area contributed by atoms with Gasteiger partial charge in [0.05, 0.1) is 0 Å². The molecule has 0 unspecified atom stereocenters. The topological polar surface area (TPSA) is 0 Å². The van der Waals surface area contributed by atoms with Gasteiger partial charge in [-0.3, -0.25) is 0 Å². The summed E-state index contributed by atoms with van der Waals surface area (Å²) in [5.41, 5.74) is 1.69. The van der Waals surface area contributed by atoms with Gasteiger partial charge in [0.1, 0.15) is 0 Å². The minimum Gasteiger partial charge on any atom is -0.103 e. The molecule has 104 valence electrons. The highest BCUT2D eigenvalue weighted by molar-refractivity contribution is 5.01. The maximum Gasteiger partial charge on any atom is -0.0320 e. The van der Waals surface area contributed by atoms with Crippen LogP contribution >= 0.6 is 0 Å². The Morgan fingerprint density at radius 3 is 1.83 bits per heavy atom. The van der Waals surface area contributed by atoms with Crippen LogP contribution in [0.1, 0.15) is 77.6 Å². The second kappa shape index (κ2) is 14.3. The van der Waals surface area contributed by atoms with E-state index in [1.165, 1.54) is 70.6 Å². The second-order valence-electron chi connectivity index (χ2n) is 5.05. The molecular weight excluding hydrogens is 216 g/mol. The van der Waals surface area contributed by atoms with Crippen molar-refractivity contribution < 1.29 is 0 Å². The van der Waals surface area contributed by atoms with Crippen LogP contribution in [0, 0.1) is 0 Å². The SMILES string of the molecule is C=CCCCCCCC(=CCC)CCCCC=C. The fraction of sp³-hybridized carbons (Fsp3) is 0.667. The molecule has 0 atom stereocenters. The van der Waals surface area contributed by atoms with E-state index in [9.17, 15) is 0 Å². The molecular formula is C18H32. The van der Waals surface area contributed by atoms with Crippen LogP contribution in [0.5, 0.6) is 0 Å². The molecule has 0 aromatic heterocycles. The second-order valence-corrected chi connectivity index (χ2v) is 5.05. The first kappa shape index (κ1) is 17.2. The van der Waals surface area contributed by atoms with E-state index in [0.717, 1.165) is 0 Å². The van der Waals surface area contributed by atoms with Crippen LogP contribution in [-0.2, 0) is 0 Å². The summed E-state index contributed by atoms with van der Waals surface area (Å²) in [5, 5.41) is 0. The van der Waals surface area contributed by atoms with Crippen LogP contribution in [-0.4, -0.2) is 0 Å². The summed E-state index contributed by atoms with van der Waals surface area (Å²) in [6.07, 6.45) is 20.7. The smallest absolute Gasteiger partial charge is 0.0320 e. The van der Waals surface area contributed by atoms with Crippen molar-refractivity contribution in [3.05, 3.63) is 37.0 Å². The van der Waals surface area contributed by atoms with E-state index in [2.05, 4.69) is 26.2 Å². The molecule has 0 saturated heterocycles. The van der Waals surface area contributed by atoms with Crippen LogP contribution in [0.3, 0.4) is 0 Å². The lowest BCUT2D eigenvalue weighted by atomic mass is 9.99. The summed E-state index contributed by atoms with van der Waals surface area (Å²) < 4.78 is 0. The molecule has 0 aromatic carbocycles. The average Bonchev–Trinajstić information content (AvgIpc) is 2.38. The third kappa shape index (κ3) is 11.7. The normalized spacial score (nSPS) is 11.5. The molecule has 18 heavy (non-hydrogen) atoms. The third-order valence-corrected chi connectivity index (χ3v) is 3.31. The van der Waals surface area contributed by atoms with Crippen LogP contribution in [0.4, 0.5) is 0 Å². The molecule has 0 rings (SSSR count). The van der Waals surface area contributed by atoms with E-state index in [-0.39, 0.29) is 0 Å². The first-order valence-electron chi connectivity index (χ1n) is 7.74. The van der Waals surface area contributed by atoms with Crippen molar-refractivity contribution in [3.63, 3.8) is 0 Å². The van der Waals surface area contributed by atoms with Gasteiger partial charge in [-0.15, -0.1) is 13.2 Å². The van der Waals surface area contributed by atoms with Gasteiger partial charge in [0.25, 0.3) is 0 Å². The molecule has 0 aliphatic rings. The van der Waals surface area contributed by atoms with Crippen molar-refractivity contribution in [1.29, 1.82) is 0 Å². The number of unbranched alkanes of at least 4 members (excludes halogenated alkanes) is 6. The largest absolute Gasteiger partial charge is 0.103 e. The predicted molar refractivity (Wildman–Crippen MR) is 84.9 cm³/mol. The number of allylic oxidation sites excluding steroid dienone is 4. The number of hydrogen-bond donors (Lipinski definition) is 0. The summed E-state index contributed by atoms with van der Waals surface area (Å²) in [6.45, 7) is 9.78. The van der Waals surface area contributed by atoms with Crippen LogP contribution < -0.4 is 0 Å². The number of rotatable bonds is 13. The molecule has 0 aliphatic heterocycles. The van der Waals surface area contributed by atoms with Crippen molar-refractivity contribution in [1.82, 2.24) is 0 Å². The summed E-state index contributed by atoms with van der Waals surface area (Å²) in [4.78, 5) is 0. The summed E-state index contributed by atoms with van der Waals surface area (Å²) in [5.74, 6) is 0. The summed E-state index contributed by atoms with van der Waals surface area (Å²) in [7, 11) is 0. The van der Waals surface area contributed by atoms with Gasteiger partial charge in [-0.2, -0.15) is 0 Å². The van der Waals surface area contributed by atoms with Crippen LogP contribution in [0.25, 0.3) is 0 Å². The lowest BCUT2D eigenvalue weighted by Crippen LogP contribution is -1.87. The van der Waals surface area contributed by atoms with Gasteiger partial charge >= 0.3 is 0 Å². The molecule has 0 saturated carbocycles. The maximum atomic E-state index is 3.78. The Hall–Kier alpha value is -0.780. The minimum absolute atomic E-state index is 1.17. The van der Waals surface area contributed by atoms with E-state index in [1.54, 1.807) is 5.57 Å². The van der Waals surface area contributed by atoms with E-state index in [1.807, 2.05) is 12.2 Å². The molecule has 0 radical (unpaired) electrons. The molecule has 0 spiro atoms. The molecule has 0 bridgehead atoms. The molecule has 0 nitrogen and oxygen atoms in total. The van der Waals surface area contributed by atoms with Crippen molar-refractivity contribution in [2.75, 3.05) is 0 Å². The zero-order chi connectivity index (χ0) is 13.5. The van der Waals surface area contributed by atoms with E-state index in [4.69, 9.17) is 0 Å². The van der Waals surface area contributed by atoms with Crippen molar-refractivity contribution in [2.45, 2.75) is 77.6 Å². The Morgan fingerprint density at radius 2 is 1.28 bits per heavy atom. The lowest BCUT2D eigenvalue weighted by molar-refractivity contribution is 0.626. The monoisotopic (exact) mass is 248 g/mol. The van der Waals surface area contributed by atoms with Crippen molar-refractivity contribution in [3.8, 4) is 0 Å². The minimum atomic E-state index is 1.17. The van der Waals surface area contributed by atoms with Crippen molar-refractivity contribution >= 4 is 0 Å². The first-order valence-corrected chi connectivity index (χ1v) is 7.74. The van der Waals surface area contributed by atoms with Gasteiger partial charge in [0, 0.05) is 0 Å². The first-order chi connectivity index (χ1) is 8.85. The van der Waals surface area contributed by atoms with Gasteiger partial charge < -0.3 is 0 Å². The van der Waals surface area contributed by atoms with Crippen LogP contribution in [0.2, 0.25) is 0 Å². The average molecular weight is 248 g/mol. The van der Waals surface area contributed by atoms with E-state index >= 15 is 0 Å². The number of hydrogen-bond acceptors (Lipinski definition) is 0. The van der Waals surface area contributed by atoms with E-state index in [0.29, 0.717) is 0 Å². The standard InChI is InChI=1S/C18H32/c1-4-7-9-11-12-14-17-18(15-6-3)16-13-10-8-5-2/h4-5,15H,1-2,6-14,16-17H2,3H3. The molecule has 0 amide bonds. The van der Waals surface area contributed by atoms with Crippen LogP contribution in [0.15, 0.2) is 37.0 Å². The van der Waals surface area contributed by atoms with Gasteiger partial charge in [0.15, 0.2) is 0 Å². The lowest BCUT2D eigenvalue weighted by Gasteiger charge is -2.07. The quantitative estimate of drug-likeness (QED) is 0.254. The summed E-state index contributed by atoms with van der Waals surface area (Å²) in [6, 6.07) is 0. The molecule has 0 aliphatic carbocycles. The Balaban J connectivity index is 3.60. The highest BCUT2D eigenvalue weighted by atomic mass is 14.0.